The van der Waals surface area contributed by atoms with E-state index in [4.69, 9.17) is 0 Å². The lowest BCUT2D eigenvalue weighted by atomic mass is 9.82. The quantitative estimate of drug-likeness (QED) is 0.830. The molecule has 0 saturated carbocycles. The second kappa shape index (κ2) is 5.58. The molecule has 2 aromatic carbocycles. The number of rotatable bonds is 2. The molecule has 0 amide bonds. The van der Waals surface area contributed by atoms with E-state index >= 15 is 4.39 Å². The molecule has 2 N–H and O–H groups in total. The van der Waals surface area contributed by atoms with Gasteiger partial charge in [0, 0.05) is 0 Å². The van der Waals surface area contributed by atoms with Gasteiger partial charge in [-0.05, 0) is 36.0 Å². The molecule has 1 aliphatic carbocycles. The summed E-state index contributed by atoms with van der Waals surface area (Å²) in [5, 5.41) is 21.0. The van der Waals surface area contributed by atoms with Crippen LogP contribution >= 0.6 is 0 Å². The van der Waals surface area contributed by atoms with Crippen LogP contribution in [0.4, 0.5) is 4.39 Å². The Kier molecular flexibility index (Phi) is 3.79. The number of hydrogen-bond donors (Lipinski definition) is 2. The number of aliphatic hydroxyl groups is 2. The monoisotopic (exact) mass is 286 g/mol. The Hall–Kier alpha value is -1.71. The van der Waals surface area contributed by atoms with Gasteiger partial charge in [0.05, 0.1) is 0 Å². The Morgan fingerprint density at radius 3 is 2.48 bits per heavy atom. The summed E-state index contributed by atoms with van der Waals surface area (Å²) in [6.07, 6.45) is -1.18. The van der Waals surface area contributed by atoms with Crippen molar-refractivity contribution in [3.8, 4) is 0 Å². The first kappa shape index (κ1) is 14.2. The number of benzene rings is 2. The number of halogens is 1. The highest BCUT2D eigenvalue weighted by atomic mass is 19.1. The summed E-state index contributed by atoms with van der Waals surface area (Å²) in [7, 11) is 0. The lowest BCUT2D eigenvalue weighted by Gasteiger charge is -2.34. The molecule has 0 aromatic heterocycles. The maximum atomic E-state index is 15.5. The number of alkyl halides is 1. The van der Waals surface area contributed by atoms with Crippen LogP contribution in [-0.2, 0) is 6.42 Å². The summed E-state index contributed by atoms with van der Waals surface area (Å²) in [5.41, 5.74) is -0.00998. The van der Waals surface area contributed by atoms with Crippen LogP contribution < -0.4 is 0 Å². The fourth-order valence-corrected chi connectivity index (χ4v) is 3.17. The first-order valence-electron chi connectivity index (χ1n) is 7.31. The molecule has 0 spiro atoms. The minimum atomic E-state index is -2.06. The van der Waals surface area contributed by atoms with Crippen molar-refractivity contribution in [2.24, 2.45) is 0 Å². The van der Waals surface area contributed by atoms with E-state index in [1.807, 2.05) is 18.2 Å². The Balaban J connectivity index is 2.00. The van der Waals surface area contributed by atoms with E-state index in [0.29, 0.717) is 17.5 Å². The fraction of sp³-hybridized carbons (Fsp3) is 0.333. The van der Waals surface area contributed by atoms with Crippen molar-refractivity contribution < 1.29 is 14.6 Å². The van der Waals surface area contributed by atoms with Gasteiger partial charge in [-0.3, -0.25) is 0 Å². The van der Waals surface area contributed by atoms with Gasteiger partial charge >= 0.3 is 0 Å². The van der Waals surface area contributed by atoms with E-state index in [1.165, 1.54) is 0 Å². The number of aryl methyl sites for hydroxylation is 1. The van der Waals surface area contributed by atoms with Crippen molar-refractivity contribution in [2.75, 3.05) is 0 Å². The molecular formula is C18H19FO2. The van der Waals surface area contributed by atoms with Crippen LogP contribution in [0, 0.1) is 0 Å². The van der Waals surface area contributed by atoms with Crippen LogP contribution in [-0.4, -0.2) is 15.9 Å². The van der Waals surface area contributed by atoms with Gasteiger partial charge in [0.15, 0.2) is 5.67 Å². The zero-order valence-electron chi connectivity index (χ0n) is 11.7. The van der Waals surface area contributed by atoms with Crippen molar-refractivity contribution in [1.82, 2.24) is 0 Å². The third-order valence-electron chi connectivity index (χ3n) is 4.38. The van der Waals surface area contributed by atoms with Crippen LogP contribution in [0.2, 0.25) is 0 Å². The highest BCUT2D eigenvalue weighted by Crippen LogP contribution is 2.46. The van der Waals surface area contributed by atoms with Gasteiger partial charge in [0.1, 0.15) is 12.2 Å². The zero-order chi connectivity index (χ0) is 14.9. The fourth-order valence-electron chi connectivity index (χ4n) is 3.17. The molecule has 0 bridgehead atoms. The van der Waals surface area contributed by atoms with E-state index in [0.717, 1.165) is 12.0 Å². The minimum Gasteiger partial charge on any atom is -0.385 e. The molecule has 1 unspecified atom stereocenters. The Morgan fingerprint density at radius 2 is 1.71 bits per heavy atom. The maximum absolute atomic E-state index is 15.5. The molecule has 2 nitrogen and oxygen atoms in total. The number of fused-ring (bicyclic) bond motifs is 1. The highest BCUT2D eigenvalue weighted by Gasteiger charge is 2.47. The molecule has 0 fully saturated rings. The van der Waals surface area contributed by atoms with Crippen molar-refractivity contribution in [1.29, 1.82) is 0 Å². The molecule has 0 aliphatic heterocycles. The van der Waals surface area contributed by atoms with Crippen LogP contribution in [0.1, 0.15) is 41.7 Å². The van der Waals surface area contributed by atoms with Gasteiger partial charge in [0.2, 0.25) is 0 Å². The van der Waals surface area contributed by atoms with E-state index < -0.39 is 17.9 Å². The summed E-state index contributed by atoms with van der Waals surface area (Å²) < 4.78 is 15.5. The summed E-state index contributed by atoms with van der Waals surface area (Å²) in [5.74, 6) is 0. The van der Waals surface area contributed by atoms with Crippen LogP contribution in [0.25, 0.3) is 0 Å². The third kappa shape index (κ3) is 2.47. The van der Waals surface area contributed by atoms with Crippen molar-refractivity contribution >= 4 is 0 Å². The molecule has 3 rings (SSSR count). The normalized spacial score (nSPS) is 26.7. The van der Waals surface area contributed by atoms with Crippen LogP contribution in [0.3, 0.4) is 0 Å². The second-order valence-corrected chi connectivity index (χ2v) is 5.69. The third-order valence-corrected chi connectivity index (χ3v) is 4.38. The van der Waals surface area contributed by atoms with Gasteiger partial charge in [-0.25, -0.2) is 4.39 Å². The van der Waals surface area contributed by atoms with Crippen LogP contribution in [0.15, 0.2) is 54.6 Å². The molecule has 0 heterocycles. The van der Waals surface area contributed by atoms with Crippen molar-refractivity contribution in [3.63, 3.8) is 0 Å². The second-order valence-electron chi connectivity index (χ2n) is 5.69. The molecule has 1 aliphatic rings. The SMILES string of the molecule is O[C@@H](c1ccccc1)C1(F)CCCc2ccccc2[C@@H]1O. The standard InChI is InChI=1S/C18H19FO2/c19-18(16(20)14-8-2-1-3-9-14)12-6-10-13-7-4-5-11-15(13)17(18)21/h1-5,7-9,11,16-17,20-21H,6,10,12H2/t16-,17-,18?/m0/s1. The lowest BCUT2D eigenvalue weighted by Crippen LogP contribution is -2.38. The average Bonchev–Trinajstić information content (AvgIpc) is 2.66. The van der Waals surface area contributed by atoms with E-state index in [2.05, 4.69) is 0 Å². The highest BCUT2D eigenvalue weighted by molar-refractivity contribution is 5.34. The van der Waals surface area contributed by atoms with E-state index in [1.54, 1.807) is 36.4 Å². The van der Waals surface area contributed by atoms with Gasteiger partial charge in [-0.15, -0.1) is 0 Å². The van der Waals surface area contributed by atoms with E-state index in [-0.39, 0.29) is 6.42 Å². The number of hydrogen-bond acceptors (Lipinski definition) is 2. The topological polar surface area (TPSA) is 40.5 Å². The first-order valence-corrected chi connectivity index (χ1v) is 7.31. The predicted octanol–water partition coefficient (Wildman–Crippen LogP) is 3.50. The van der Waals surface area contributed by atoms with Gasteiger partial charge in [-0.1, -0.05) is 54.6 Å². The molecular weight excluding hydrogens is 267 g/mol. The van der Waals surface area contributed by atoms with E-state index in [9.17, 15) is 10.2 Å². The Morgan fingerprint density at radius 1 is 1.05 bits per heavy atom. The summed E-state index contributed by atoms with van der Waals surface area (Å²) in [6, 6.07) is 16.1. The minimum absolute atomic E-state index is 0.138. The zero-order valence-corrected chi connectivity index (χ0v) is 11.7. The van der Waals surface area contributed by atoms with Crippen molar-refractivity contribution in [2.45, 2.75) is 37.1 Å². The molecule has 2 aromatic rings. The van der Waals surface area contributed by atoms with Crippen molar-refractivity contribution in [3.05, 3.63) is 71.3 Å². The molecule has 3 atom stereocenters. The first-order chi connectivity index (χ1) is 10.1. The lowest BCUT2D eigenvalue weighted by molar-refractivity contribution is -0.101. The molecule has 21 heavy (non-hydrogen) atoms. The summed E-state index contributed by atoms with van der Waals surface area (Å²) in [6.45, 7) is 0. The maximum Gasteiger partial charge on any atom is 0.170 e. The summed E-state index contributed by atoms with van der Waals surface area (Å²) in [4.78, 5) is 0. The Labute approximate surface area is 123 Å². The van der Waals surface area contributed by atoms with Gasteiger partial charge in [-0.2, -0.15) is 0 Å². The predicted molar refractivity (Wildman–Crippen MR) is 79.6 cm³/mol. The largest absolute Gasteiger partial charge is 0.385 e. The number of aliphatic hydroxyl groups excluding tert-OH is 2. The van der Waals surface area contributed by atoms with Crippen LogP contribution in [0.5, 0.6) is 0 Å². The molecule has 0 radical (unpaired) electrons. The molecule has 110 valence electrons. The molecule has 3 heteroatoms. The average molecular weight is 286 g/mol. The summed E-state index contributed by atoms with van der Waals surface area (Å²) >= 11 is 0. The Bertz CT molecular complexity index is 614. The van der Waals surface area contributed by atoms with Gasteiger partial charge in [0.25, 0.3) is 0 Å². The molecule has 0 saturated heterocycles. The van der Waals surface area contributed by atoms with Gasteiger partial charge < -0.3 is 10.2 Å². The smallest absolute Gasteiger partial charge is 0.170 e.